The summed E-state index contributed by atoms with van der Waals surface area (Å²) in [6.07, 6.45) is 0.525. The lowest BCUT2D eigenvalue weighted by atomic mass is 10.2. The lowest BCUT2D eigenvalue weighted by Gasteiger charge is -2.11. The molecule has 0 aliphatic rings. The molecule has 3 nitrogen and oxygen atoms in total. The summed E-state index contributed by atoms with van der Waals surface area (Å²) in [7, 11) is 0. The number of carbonyl (C=O) groups is 1. The molecule has 1 aromatic rings. The van der Waals surface area contributed by atoms with Gasteiger partial charge in [-0.15, -0.1) is 0 Å². The molecule has 0 radical (unpaired) electrons. The van der Waals surface area contributed by atoms with Gasteiger partial charge < -0.3 is 0 Å². The van der Waals surface area contributed by atoms with E-state index in [1.807, 2.05) is 27.7 Å². The summed E-state index contributed by atoms with van der Waals surface area (Å²) in [6.45, 7) is 7.42. The third-order valence-electron chi connectivity index (χ3n) is 2.42. The molecule has 0 spiro atoms. The molecule has 0 saturated heterocycles. The lowest BCUT2D eigenvalue weighted by molar-refractivity contribution is -0.121. The monoisotopic (exact) mass is 214 g/mol. The van der Waals surface area contributed by atoms with Crippen LogP contribution in [0.4, 0.5) is 0 Å². The van der Waals surface area contributed by atoms with Gasteiger partial charge in [-0.2, -0.15) is 5.10 Å². The average molecular weight is 215 g/mol. The number of Topliss-reactive ketones (excluding diaryl/α,β-unsaturated/α-hetero) is 1. The highest BCUT2D eigenvalue weighted by atomic mass is 35.5. The first-order chi connectivity index (χ1) is 6.49. The van der Waals surface area contributed by atoms with Crippen LogP contribution in [0.2, 0.25) is 5.02 Å². The first-order valence-electron chi connectivity index (χ1n) is 4.73. The van der Waals surface area contributed by atoms with Gasteiger partial charge in [-0.3, -0.25) is 9.48 Å². The third-order valence-corrected chi connectivity index (χ3v) is 2.96. The predicted octanol–water partition coefficient (Wildman–Crippen LogP) is 2.69. The summed E-state index contributed by atoms with van der Waals surface area (Å²) in [5.74, 6) is 0.173. The first-order valence-corrected chi connectivity index (χ1v) is 5.10. The van der Waals surface area contributed by atoms with E-state index < -0.39 is 0 Å². The second-order valence-corrected chi connectivity index (χ2v) is 3.80. The number of nitrogens with zero attached hydrogens (tertiary/aromatic N) is 2. The topological polar surface area (TPSA) is 34.9 Å². The SMILES string of the molecule is CCC(=O)C(C)n1nc(C)c(Cl)c1C. The zero-order valence-corrected chi connectivity index (χ0v) is 9.72. The Morgan fingerprint density at radius 1 is 1.57 bits per heavy atom. The largest absolute Gasteiger partial charge is 0.297 e. The Balaban J connectivity index is 3.07. The second-order valence-electron chi connectivity index (χ2n) is 3.43. The van der Waals surface area contributed by atoms with Gasteiger partial charge in [0.2, 0.25) is 0 Å². The molecule has 1 aromatic heterocycles. The lowest BCUT2D eigenvalue weighted by Crippen LogP contribution is -2.17. The Kier molecular flexibility index (Phi) is 3.32. The van der Waals surface area contributed by atoms with E-state index in [9.17, 15) is 4.79 Å². The minimum absolute atomic E-state index is 0.173. The zero-order valence-electron chi connectivity index (χ0n) is 8.97. The number of hydrogen-bond donors (Lipinski definition) is 0. The molecule has 1 heterocycles. The quantitative estimate of drug-likeness (QED) is 0.776. The van der Waals surface area contributed by atoms with Crippen LogP contribution in [0.1, 0.15) is 37.7 Å². The summed E-state index contributed by atoms with van der Waals surface area (Å²) in [5.41, 5.74) is 1.64. The fourth-order valence-electron chi connectivity index (χ4n) is 1.45. The number of aryl methyl sites for hydroxylation is 1. The molecule has 0 amide bonds. The number of rotatable bonds is 3. The Bertz CT molecular complexity index is 357. The second kappa shape index (κ2) is 4.13. The summed E-state index contributed by atoms with van der Waals surface area (Å²) < 4.78 is 1.70. The van der Waals surface area contributed by atoms with Crippen molar-refractivity contribution in [3.8, 4) is 0 Å². The molecule has 1 rings (SSSR count). The van der Waals surface area contributed by atoms with Gasteiger partial charge in [0.25, 0.3) is 0 Å². The highest BCUT2D eigenvalue weighted by Crippen LogP contribution is 2.22. The normalized spacial score (nSPS) is 12.9. The molecular formula is C10H15ClN2O. The van der Waals surface area contributed by atoms with Crippen molar-refractivity contribution in [3.63, 3.8) is 0 Å². The standard InChI is InChI=1S/C10H15ClN2O/c1-5-9(14)7(3)13-8(4)10(11)6(2)12-13/h7H,5H2,1-4H3. The summed E-state index contributed by atoms with van der Waals surface area (Å²) in [4.78, 5) is 11.5. The number of ketones is 1. The fraction of sp³-hybridized carbons (Fsp3) is 0.600. The minimum atomic E-state index is -0.216. The molecular weight excluding hydrogens is 200 g/mol. The van der Waals surface area contributed by atoms with Gasteiger partial charge in [0, 0.05) is 6.42 Å². The van der Waals surface area contributed by atoms with Crippen molar-refractivity contribution in [1.29, 1.82) is 0 Å². The first kappa shape index (κ1) is 11.2. The molecule has 1 unspecified atom stereocenters. The van der Waals surface area contributed by atoms with E-state index in [1.54, 1.807) is 4.68 Å². The maximum Gasteiger partial charge on any atom is 0.156 e. The summed E-state index contributed by atoms with van der Waals surface area (Å²) in [5, 5.41) is 4.90. The van der Waals surface area contributed by atoms with Crippen LogP contribution in [0.5, 0.6) is 0 Å². The molecule has 0 bridgehead atoms. The van der Waals surface area contributed by atoms with Crippen molar-refractivity contribution in [2.45, 2.75) is 40.2 Å². The number of hydrogen-bond acceptors (Lipinski definition) is 2. The van der Waals surface area contributed by atoms with Crippen LogP contribution in [0.15, 0.2) is 0 Å². The zero-order chi connectivity index (χ0) is 10.9. The Morgan fingerprint density at radius 2 is 2.14 bits per heavy atom. The van der Waals surface area contributed by atoms with Crippen LogP contribution < -0.4 is 0 Å². The minimum Gasteiger partial charge on any atom is -0.297 e. The molecule has 78 valence electrons. The van der Waals surface area contributed by atoms with E-state index in [0.717, 1.165) is 11.4 Å². The molecule has 4 heteroatoms. The number of aromatic nitrogens is 2. The van der Waals surface area contributed by atoms with Crippen molar-refractivity contribution < 1.29 is 4.79 Å². The molecule has 0 aliphatic carbocycles. The average Bonchev–Trinajstić information content (AvgIpc) is 2.43. The smallest absolute Gasteiger partial charge is 0.156 e. The summed E-state index contributed by atoms with van der Waals surface area (Å²) in [6, 6.07) is -0.216. The van der Waals surface area contributed by atoms with Gasteiger partial charge in [-0.1, -0.05) is 18.5 Å². The predicted molar refractivity (Wildman–Crippen MR) is 56.7 cm³/mol. The fourth-order valence-corrected chi connectivity index (χ4v) is 1.58. The van der Waals surface area contributed by atoms with E-state index in [-0.39, 0.29) is 11.8 Å². The van der Waals surface area contributed by atoms with Crippen LogP contribution in [0.3, 0.4) is 0 Å². The van der Waals surface area contributed by atoms with Crippen molar-refractivity contribution in [3.05, 3.63) is 16.4 Å². The van der Waals surface area contributed by atoms with Crippen LogP contribution in [-0.2, 0) is 4.79 Å². The van der Waals surface area contributed by atoms with Crippen LogP contribution in [0, 0.1) is 13.8 Å². The Morgan fingerprint density at radius 3 is 2.50 bits per heavy atom. The van der Waals surface area contributed by atoms with Crippen molar-refractivity contribution >= 4 is 17.4 Å². The van der Waals surface area contributed by atoms with Crippen molar-refractivity contribution in [2.75, 3.05) is 0 Å². The molecule has 0 aromatic carbocycles. The van der Waals surface area contributed by atoms with E-state index in [1.165, 1.54) is 0 Å². The van der Waals surface area contributed by atoms with Crippen molar-refractivity contribution in [1.82, 2.24) is 9.78 Å². The molecule has 0 saturated carbocycles. The number of carbonyl (C=O) groups excluding carboxylic acids is 1. The van der Waals surface area contributed by atoms with E-state index in [4.69, 9.17) is 11.6 Å². The molecule has 1 atom stereocenters. The Labute approximate surface area is 89.1 Å². The van der Waals surface area contributed by atoms with Crippen LogP contribution in [0.25, 0.3) is 0 Å². The van der Waals surface area contributed by atoms with E-state index >= 15 is 0 Å². The van der Waals surface area contributed by atoms with E-state index in [2.05, 4.69) is 5.10 Å². The highest BCUT2D eigenvalue weighted by molar-refractivity contribution is 6.31. The maximum absolute atomic E-state index is 11.5. The molecule has 0 aliphatic heterocycles. The summed E-state index contributed by atoms with van der Waals surface area (Å²) >= 11 is 6.00. The van der Waals surface area contributed by atoms with Crippen LogP contribution >= 0.6 is 11.6 Å². The van der Waals surface area contributed by atoms with Gasteiger partial charge in [-0.05, 0) is 20.8 Å². The van der Waals surface area contributed by atoms with Gasteiger partial charge in [0.05, 0.1) is 16.4 Å². The van der Waals surface area contributed by atoms with Gasteiger partial charge in [0.1, 0.15) is 6.04 Å². The van der Waals surface area contributed by atoms with Gasteiger partial charge >= 0.3 is 0 Å². The highest BCUT2D eigenvalue weighted by Gasteiger charge is 2.18. The van der Waals surface area contributed by atoms with Crippen LogP contribution in [-0.4, -0.2) is 15.6 Å². The van der Waals surface area contributed by atoms with E-state index in [0.29, 0.717) is 11.4 Å². The Hall–Kier alpha value is -0.830. The van der Waals surface area contributed by atoms with Gasteiger partial charge in [-0.25, -0.2) is 0 Å². The third kappa shape index (κ3) is 1.82. The maximum atomic E-state index is 11.5. The molecule has 0 fully saturated rings. The molecule has 0 N–H and O–H groups in total. The van der Waals surface area contributed by atoms with Gasteiger partial charge in [0.15, 0.2) is 5.78 Å². The molecule has 14 heavy (non-hydrogen) atoms. The van der Waals surface area contributed by atoms with Crippen molar-refractivity contribution in [2.24, 2.45) is 0 Å². The number of halogens is 1.